The van der Waals surface area contributed by atoms with Gasteiger partial charge in [-0.3, -0.25) is 14.5 Å². The standard InChI is InChI=1S/C15H18N2O2/c1-15(2)11-12(15)14(19)17(13(11)18)8-10-6-4-3-5-9(10)7-16/h3-6,11-12H,7-8,16H2,1-2H3. The van der Waals surface area contributed by atoms with Crippen molar-refractivity contribution in [3.05, 3.63) is 35.4 Å². The minimum absolute atomic E-state index is 0.0215. The zero-order chi connectivity index (χ0) is 13.8. The summed E-state index contributed by atoms with van der Waals surface area (Å²) < 4.78 is 0. The van der Waals surface area contributed by atoms with Crippen LogP contribution in [0, 0.1) is 17.3 Å². The highest BCUT2D eigenvalue weighted by Crippen LogP contribution is 2.63. The number of fused-ring (bicyclic) bond motifs is 1. The first-order chi connectivity index (χ1) is 8.98. The Bertz CT molecular complexity index is 541. The Labute approximate surface area is 112 Å². The molecular formula is C15H18N2O2. The van der Waals surface area contributed by atoms with Gasteiger partial charge in [0.25, 0.3) is 0 Å². The summed E-state index contributed by atoms with van der Waals surface area (Å²) in [6.45, 7) is 4.76. The van der Waals surface area contributed by atoms with Crippen LogP contribution in [0.5, 0.6) is 0 Å². The van der Waals surface area contributed by atoms with Crippen LogP contribution in [0.1, 0.15) is 25.0 Å². The van der Waals surface area contributed by atoms with Crippen LogP contribution in [-0.4, -0.2) is 16.7 Å². The highest BCUT2D eigenvalue weighted by Gasteiger charge is 2.72. The second kappa shape index (κ2) is 3.90. The number of rotatable bonds is 3. The molecule has 4 nitrogen and oxygen atoms in total. The van der Waals surface area contributed by atoms with Crippen molar-refractivity contribution in [2.24, 2.45) is 23.0 Å². The van der Waals surface area contributed by atoms with E-state index >= 15 is 0 Å². The molecule has 1 aliphatic heterocycles. The maximum Gasteiger partial charge on any atom is 0.233 e. The molecule has 1 saturated carbocycles. The van der Waals surface area contributed by atoms with Gasteiger partial charge in [-0.05, 0) is 16.5 Å². The minimum atomic E-state index is -0.141. The van der Waals surface area contributed by atoms with Crippen LogP contribution >= 0.6 is 0 Å². The summed E-state index contributed by atoms with van der Waals surface area (Å²) in [6.07, 6.45) is 0. The molecule has 0 bridgehead atoms. The molecule has 1 aromatic carbocycles. The first kappa shape index (κ1) is 12.4. The van der Waals surface area contributed by atoms with Gasteiger partial charge in [-0.15, -0.1) is 0 Å². The van der Waals surface area contributed by atoms with Crippen molar-refractivity contribution in [1.82, 2.24) is 4.90 Å². The van der Waals surface area contributed by atoms with Crippen molar-refractivity contribution in [1.29, 1.82) is 0 Å². The molecule has 2 unspecified atom stereocenters. The molecule has 4 heteroatoms. The lowest BCUT2D eigenvalue weighted by molar-refractivity contribution is -0.143. The van der Waals surface area contributed by atoms with Gasteiger partial charge in [0, 0.05) is 6.54 Å². The maximum absolute atomic E-state index is 12.3. The number of likely N-dealkylation sites (tertiary alicyclic amines) is 1. The van der Waals surface area contributed by atoms with E-state index < -0.39 is 0 Å². The fourth-order valence-corrected chi connectivity index (χ4v) is 3.24. The molecule has 1 saturated heterocycles. The van der Waals surface area contributed by atoms with E-state index in [0.29, 0.717) is 13.1 Å². The summed E-state index contributed by atoms with van der Waals surface area (Å²) in [5.41, 5.74) is 7.50. The Kier molecular flexibility index (Phi) is 2.54. The van der Waals surface area contributed by atoms with E-state index in [1.807, 2.05) is 38.1 Å². The molecule has 2 atom stereocenters. The van der Waals surface area contributed by atoms with Crippen LogP contribution in [0.4, 0.5) is 0 Å². The van der Waals surface area contributed by atoms with Crippen LogP contribution in [0.15, 0.2) is 24.3 Å². The molecule has 0 aromatic heterocycles. The van der Waals surface area contributed by atoms with E-state index in [9.17, 15) is 9.59 Å². The summed E-state index contributed by atoms with van der Waals surface area (Å²) >= 11 is 0. The number of nitrogens with zero attached hydrogens (tertiary/aromatic N) is 1. The smallest absolute Gasteiger partial charge is 0.233 e. The fourth-order valence-electron chi connectivity index (χ4n) is 3.24. The lowest BCUT2D eigenvalue weighted by atomic mass is 10.0. The van der Waals surface area contributed by atoms with Gasteiger partial charge in [-0.1, -0.05) is 38.1 Å². The Morgan fingerprint density at radius 1 is 1.11 bits per heavy atom. The van der Waals surface area contributed by atoms with E-state index in [0.717, 1.165) is 11.1 Å². The molecule has 2 fully saturated rings. The third kappa shape index (κ3) is 1.63. The quantitative estimate of drug-likeness (QED) is 0.831. The monoisotopic (exact) mass is 258 g/mol. The summed E-state index contributed by atoms with van der Waals surface area (Å²) in [6, 6.07) is 7.69. The predicted molar refractivity (Wildman–Crippen MR) is 70.7 cm³/mol. The SMILES string of the molecule is CC1(C)C2C(=O)N(Cc3ccccc3CN)C(=O)C21. The number of nitrogens with two attached hydrogens (primary N) is 1. The van der Waals surface area contributed by atoms with Gasteiger partial charge in [-0.25, -0.2) is 0 Å². The number of imide groups is 1. The molecule has 100 valence electrons. The van der Waals surface area contributed by atoms with Gasteiger partial charge in [0.2, 0.25) is 11.8 Å². The summed E-state index contributed by atoms with van der Waals surface area (Å²) in [4.78, 5) is 25.9. The number of hydrogen-bond acceptors (Lipinski definition) is 3. The summed E-state index contributed by atoms with van der Waals surface area (Å²) in [5, 5.41) is 0. The van der Waals surface area contributed by atoms with Gasteiger partial charge in [0.15, 0.2) is 0 Å². The first-order valence-corrected chi connectivity index (χ1v) is 6.60. The molecule has 0 spiro atoms. The van der Waals surface area contributed by atoms with Gasteiger partial charge < -0.3 is 5.73 Å². The zero-order valence-electron chi connectivity index (χ0n) is 11.2. The number of benzene rings is 1. The average molecular weight is 258 g/mol. The van der Waals surface area contributed by atoms with Gasteiger partial charge in [-0.2, -0.15) is 0 Å². The van der Waals surface area contributed by atoms with E-state index in [4.69, 9.17) is 5.73 Å². The molecule has 2 amide bonds. The Hall–Kier alpha value is -1.68. The van der Waals surface area contributed by atoms with Crippen molar-refractivity contribution < 1.29 is 9.59 Å². The predicted octanol–water partition coefficient (Wildman–Crippen LogP) is 1.29. The van der Waals surface area contributed by atoms with Gasteiger partial charge >= 0.3 is 0 Å². The molecule has 0 radical (unpaired) electrons. The normalized spacial score (nSPS) is 27.6. The zero-order valence-corrected chi connectivity index (χ0v) is 11.2. The molecule has 2 aliphatic rings. The molecule has 1 aromatic rings. The summed E-state index contributed by atoms with van der Waals surface area (Å²) in [7, 11) is 0. The number of piperidine rings is 1. The highest BCUT2D eigenvalue weighted by atomic mass is 16.2. The Morgan fingerprint density at radius 3 is 2.16 bits per heavy atom. The fraction of sp³-hybridized carbons (Fsp3) is 0.467. The van der Waals surface area contributed by atoms with E-state index in [1.54, 1.807) is 0 Å². The highest BCUT2D eigenvalue weighted by molar-refractivity contribution is 6.10. The molecule has 2 N–H and O–H groups in total. The van der Waals surface area contributed by atoms with Crippen LogP contribution in [0.25, 0.3) is 0 Å². The summed E-state index contributed by atoms with van der Waals surface area (Å²) in [5.74, 6) is -0.256. The van der Waals surface area contributed by atoms with E-state index in [1.165, 1.54) is 4.90 Å². The Balaban J connectivity index is 1.83. The minimum Gasteiger partial charge on any atom is -0.326 e. The van der Waals surface area contributed by atoms with Crippen molar-refractivity contribution in [2.75, 3.05) is 0 Å². The van der Waals surface area contributed by atoms with Crippen LogP contribution in [-0.2, 0) is 22.7 Å². The number of carbonyl (C=O) groups excluding carboxylic acids is 2. The molecule has 19 heavy (non-hydrogen) atoms. The molecule has 1 heterocycles. The van der Waals surface area contributed by atoms with Crippen molar-refractivity contribution >= 4 is 11.8 Å². The third-order valence-corrected chi connectivity index (χ3v) is 4.56. The average Bonchev–Trinajstić information content (AvgIpc) is 2.86. The Morgan fingerprint density at radius 2 is 1.63 bits per heavy atom. The lowest BCUT2D eigenvalue weighted by Gasteiger charge is -2.21. The van der Waals surface area contributed by atoms with Crippen LogP contribution in [0.2, 0.25) is 0 Å². The second-order valence-corrected chi connectivity index (χ2v) is 6.01. The van der Waals surface area contributed by atoms with Crippen LogP contribution in [0.3, 0.4) is 0 Å². The lowest BCUT2D eigenvalue weighted by Crippen LogP contribution is -2.36. The number of amides is 2. The van der Waals surface area contributed by atoms with Crippen LogP contribution < -0.4 is 5.73 Å². The second-order valence-electron chi connectivity index (χ2n) is 6.01. The maximum atomic E-state index is 12.3. The molecule has 3 rings (SSSR count). The van der Waals surface area contributed by atoms with Gasteiger partial charge in [0.1, 0.15) is 0 Å². The van der Waals surface area contributed by atoms with Gasteiger partial charge in [0.05, 0.1) is 18.4 Å². The largest absolute Gasteiger partial charge is 0.326 e. The van der Waals surface area contributed by atoms with E-state index in [2.05, 4.69) is 0 Å². The van der Waals surface area contributed by atoms with Crippen molar-refractivity contribution in [3.63, 3.8) is 0 Å². The van der Waals surface area contributed by atoms with Crippen molar-refractivity contribution in [3.8, 4) is 0 Å². The topological polar surface area (TPSA) is 63.4 Å². The van der Waals surface area contributed by atoms with Crippen molar-refractivity contribution in [2.45, 2.75) is 26.9 Å². The third-order valence-electron chi connectivity index (χ3n) is 4.56. The number of hydrogen-bond donors (Lipinski definition) is 1. The molecular weight excluding hydrogens is 240 g/mol. The molecule has 1 aliphatic carbocycles. The number of carbonyl (C=O) groups is 2. The first-order valence-electron chi connectivity index (χ1n) is 6.60. The van der Waals surface area contributed by atoms with E-state index in [-0.39, 0.29) is 29.1 Å².